The van der Waals surface area contributed by atoms with Crippen molar-refractivity contribution in [3.63, 3.8) is 0 Å². The van der Waals surface area contributed by atoms with Gasteiger partial charge < -0.3 is 20.4 Å². The smallest absolute Gasteiger partial charge is 0.326 e. The Morgan fingerprint density at radius 3 is 2.55 bits per heavy atom. The van der Waals surface area contributed by atoms with Crippen molar-refractivity contribution in [2.24, 2.45) is 5.92 Å². The van der Waals surface area contributed by atoms with Gasteiger partial charge in [0.15, 0.2) is 0 Å². The second-order valence-corrected chi connectivity index (χ2v) is 5.30. The summed E-state index contributed by atoms with van der Waals surface area (Å²) in [6.07, 6.45) is 2.47. The number of carboxylic acid groups (broad SMARTS) is 2. The minimum atomic E-state index is -1.21. The fraction of sp³-hybridized carbons (Fsp3) is 0.769. The van der Waals surface area contributed by atoms with E-state index in [-0.39, 0.29) is 12.8 Å². The maximum Gasteiger partial charge on any atom is 0.326 e. The highest BCUT2D eigenvalue weighted by Crippen LogP contribution is 2.16. The van der Waals surface area contributed by atoms with Crippen LogP contribution in [0.3, 0.4) is 0 Å². The summed E-state index contributed by atoms with van der Waals surface area (Å²) >= 11 is 0. The lowest BCUT2D eigenvalue weighted by molar-refractivity contribution is -0.140. The fourth-order valence-electron chi connectivity index (χ4n) is 2.23. The Hall–Kier alpha value is -1.79. The van der Waals surface area contributed by atoms with Gasteiger partial charge in [0.1, 0.15) is 6.04 Å². The van der Waals surface area contributed by atoms with Crippen molar-refractivity contribution in [3.8, 4) is 0 Å². The van der Waals surface area contributed by atoms with E-state index >= 15 is 0 Å². The minimum absolute atomic E-state index is 0.110. The van der Waals surface area contributed by atoms with Crippen molar-refractivity contribution in [2.75, 3.05) is 13.1 Å². The Labute approximate surface area is 117 Å². The average molecular weight is 286 g/mol. The van der Waals surface area contributed by atoms with Gasteiger partial charge in [-0.25, -0.2) is 9.59 Å². The van der Waals surface area contributed by atoms with E-state index in [0.29, 0.717) is 19.0 Å². The van der Waals surface area contributed by atoms with E-state index in [0.717, 1.165) is 19.3 Å². The number of hydrogen-bond donors (Lipinski definition) is 3. The number of nitrogens with zero attached hydrogens (tertiary/aromatic N) is 1. The summed E-state index contributed by atoms with van der Waals surface area (Å²) in [5, 5.41) is 20.0. The summed E-state index contributed by atoms with van der Waals surface area (Å²) in [7, 11) is 0. The van der Waals surface area contributed by atoms with Gasteiger partial charge in [-0.3, -0.25) is 4.79 Å². The predicted octanol–water partition coefficient (Wildman–Crippen LogP) is 1.14. The number of nitrogens with one attached hydrogen (secondary N) is 1. The third-order valence-electron chi connectivity index (χ3n) is 3.55. The van der Waals surface area contributed by atoms with E-state index in [4.69, 9.17) is 10.2 Å². The van der Waals surface area contributed by atoms with Crippen molar-refractivity contribution in [2.45, 2.75) is 45.1 Å². The van der Waals surface area contributed by atoms with Crippen LogP contribution in [-0.2, 0) is 9.59 Å². The number of rotatable bonds is 5. The zero-order valence-corrected chi connectivity index (χ0v) is 11.7. The molecule has 1 fully saturated rings. The third-order valence-corrected chi connectivity index (χ3v) is 3.55. The molecular formula is C13H22N2O5. The van der Waals surface area contributed by atoms with Crippen LogP contribution >= 0.6 is 0 Å². The topological polar surface area (TPSA) is 107 Å². The molecule has 0 radical (unpaired) electrons. The van der Waals surface area contributed by atoms with E-state index in [1.165, 1.54) is 0 Å². The van der Waals surface area contributed by atoms with Crippen LogP contribution in [0.15, 0.2) is 0 Å². The van der Waals surface area contributed by atoms with Gasteiger partial charge in [0.25, 0.3) is 0 Å². The molecule has 20 heavy (non-hydrogen) atoms. The summed E-state index contributed by atoms with van der Waals surface area (Å²) in [6.45, 7) is 3.36. The summed E-state index contributed by atoms with van der Waals surface area (Å²) in [5.74, 6) is -1.72. The third kappa shape index (κ3) is 5.46. The molecule has 2 unspecified atom stereocenters. The molecule has 0 saturated carbocycles. The van der Waals surface area contributed by atoms with Gasteiger partial charge in [-0.15, -0.1) is 0 Å². The number of likely N-dealkylation sites (tertiary alicyclic amines) is 1. The largest absolute Gasteiger partial charge is 0.481 e. The second-order valence-electron chi connectivity index (χ2n) is 5.30. The summed E-state index contributed by atoms with van der Waals surface area (Å²) < 4.78 is 0. The Kier molecular flexibility index (Phi) is 6.27. The number of carboxylic acids is 2. The molecule has 7 heteroatoms. The maximum atomic E-state index is 12.0. The van der Waals surface area contributed by atoms with E-state index in [9.17, 15) is 14.4 Å². The highest BCUT2D eigenvalue weighted by molar-refractivity contribution is 5.83. The molecule has 114 valence electrons. The van der Waals surface area contributed by atoms with Crippen LogP contribution in [0.4, 0.5) is 4.79 Å². The number of carbonyl (C=O) groups excluding carboxylic acids is 1. The van der Waals surface area contributed by atoms with Gasteiger partial charge >= 0.3 is 18.0 Å². The lowest BCUT2D eigenvalue weighted by atomic mass is 10.0. The van der Waals surface area contributed by atoms with E-state index in [1.807, 2.05) is 0 Å². The van der Waals surface area contributed by atoms with Crippen molar-refractivity contribution < 1.29 is 24.6 Å². The average Bonchev–Trinajstić information content (AvgIpc) is 2.58. The molecule has 1 aliphatic heterocycles. The Morgan fingerprint density at radius 2 is 1.95 bits per heavy atom. The minimum Gasteiger partial charge on any atom is -0.481 e. The number of urea groups is 1. The van der Waals surface area contributed by atoms with Gasteiger partial charge in [-0.1, -0.05) is 6.92 Å². The molecule has 0 aliphatic carbocycles. The molecular weight excluding hydrogens is 264 g/mol. The molecule has 0 aromatic rings. The first-order chi connectivity index (χ1) is 9.40. The Bertz CT molecular complexity index is 372. The van der Waals surface area contributed by atoms with Gasteiger partial charge in [0.2, 0.25) is 0 Å². The van der Waals surface area contributed by atoms with Crippen molar-refractivity contribution >= 4 is 18.0 Å². The molecule has 0 bridgehead atoms. The molecule has 1 heterocycles. The number of carbonyl (C=O) groups is 3. The molecule has 1 rings (SSSR count). The van der Waals surface area contributed by atoms with Gasteiger partial charge in [-0.2, -0.15) is 0 Å². The monoisotopic (exact) mass is 286 g/mol. The van der Waals surface area contributed by atoms with E-state index in [1.54, 1.807) is 4.90 Å². The number of amides is 2. The Morgan fingerprint density at radius 1 is 1.25 bits per heavy atom. The number of aliphatic carboxylic acids is 2. The lowest BCUT2D eigenvalue weighted by Gasteiger charge is -2.23. The molecule has 0 aromatic carbocycles. The molecule has 1 saturated heterocycles. The van der Waals surface area contributed by atoms with Crippen LogP contribution < -0.4 is 5.32 Å². The van der Waals surface area contributed by atoms with Crippen molar-refractivity contribution in [3.05, 3.63) is 0 Å². The quantitative estimate of drug-likeness (QED) is 0.702. The van der Waals surface area contributed by atoms with Crippen molar-refractivity contribution in [1.29, 1.82) is 0 Å². The van der Waals surface area contributed by atoms with Gasteiger partial charge in [-0.05, 0) is 31.6 Å². The molecule has 7 nitrogen and oxygen atoms in total. The van der Waals surface area contributed by atoms with Crippen LogP contribution in [0.5, 0.6) is 0 Å². The van der Waals surface area contributed by atoms with Crippen molar-refractivity contribution in [1.82, 2.24) is 10.2 Å². The first kappa shape index (κ1) is 16.3. The molecule has 2 atom stereocenters. The number of hydrogen-bond acceptors (Lipinski definition) is 3. The standard InChI is InChI=1S/C13H22N2O5/c1-9-3-2-7-15(8-6-9)13(20)14-10(12(18)19)4-5-11(16)17/h9-10H,2-8H2,1H3,(H,14,20)(H,16,17)(H,18,19). The predicted molar refractivity (Wildman–Crippen MR) is 71.4 cm³/mol. The SMILES string of the molecule is CC1CCCN(C(=O)NC(CCC(=O)O)C(=O)O)CC1. The lowest BCUT2D eigenvalue weighted by Crippen LogP contribution is -2.48. The maximum absolute atomic E-state index is 12.0. The second kappa shape index (κ2) is 7.72. The van der Waals surface area contributed by atoms with Crippen LogP contribution in [0.25, 0.3) is 0 Å². The van der Waals surface area contributed by atoms with E-state index < -0.39 is 24.0 Å². The summed E-state index contributed by atoms with van der Waals surface area (Å²) in [5.41, 5.74) is 0. The highest BCUT2D eigenvalue weighted by Gasteiger charge is 2.25. The summed E-state index contributed by atoms with van der Waals surface area (Å²) in [6, 6.07) is -1.57. The highest BCUT2D eigenvalue weighted by atomic mass is 16.4. The molecule has 1 aliphatic rings. The first-order valence-electron chi connectivity index (χ1n) is 6.90. The normalized spacial score (nSPS) is 20.9. The Balaban J connectivity index is 2.52. The zero-order chi connectivity index (χ0) is 15.1. The van der Waals surface area contributed by atoms with Gasteiger partial charge in [0, 0.05) is 19.5 Å². The van der Waals surface area contributed by atoms with Gasteiger partial charge in [0.05, 0.1) is 0 Å². The van der Waals surface area contributed by atoms with Crippen LogP contribution in [0.1, 0.15) is 39.0 Å². The van der Waals surface area contributed by atoms with E-state index in [2.05, 4.69) is 12.2 Å². The fourth-order valence-corrected chi connectivity index (χ4v) is 2.23. The molecule has 0 aromatic heterocycles. The molecule has 2 amide bonds. The molecule has 0 spiro atoms. The zero-order valence-electron chi connectivity index (χ0n) is 11.7. The van der Waals surface area contributed by atoms with Crippen LogP contribution in [0.2, 0.25) is 0 Å². The van der Waals surface area contributed by atoms with Crippen LogP contribution in [-0.4, -0.2) is 52.2 Å². The summed E-state index contributed by atoms with van der Waals surface area (Å²) in [4.78, 5) is 35.1. The first-order valence-corrected chi connectivity index (χ1v) is 6.90. The van der Waals surface area contributed by atoms with Crippen LogP contribution in [0, 0.1) is 5.92 Å². The molecule has 3 N–H and O–H groups in total.